The highest BCUT2D eigenvalue weighted by Gasteiger charge is 2.34. The maximum absolute atomic E-state index is 14.5. The first-order chi connectivity index (χ1) is 18.3. The molecule has 0 radical (unpaired) electrons. The van der Waals surface area contributed by atoms with Gasteiger partial charge < -0.3 is 20.3 Å². The van der Waals surface area contributed by atoms with E-state index >= 15 is 0 Å². The smallest absolute Gasteiger partial charge is 0.275 e. The zero-order chi connectivity index (χ0) is 27.0. The minimum Gasteiger partial charge on any atom is -0.482 e. The molecule has 1 amide bonds. The molecule has 2 N–H and O–H groups in total. The zero-order valence-corrected chi connectivity index (χ0v) is 22.8. The Hall–Kier alpha value is -3.33. The monoisotopic (exact) mass is 555 g/mol. The number of aryl methyl sites for hydroxylation is 1. The van der Waals surface area contributed by atoms with Gasteiger partial charge in [0.25, 0.3) is 5.91 Å². The van der Waals surface area contributed by atoms with Crippen molar-refractivity contribution >= 4 is 40.4 Å². The van der Waals surface area contributed by atoms with Gasteiger partial charge in [0.1, 0.15) is 11.5 Å². The number of carbonyl (C=O) groups is 1. The second kappa shape index (κ2) is 10.8. The van der Waals surface area contributed by atoms with Gasteiger partial charge in [-0.3, -0.25) is 9.20 Å². The van der Waals surface area contributed by atoms with Crippen molar-refractivity contribution in [3.05, 3.63) is 81.2 Å². The standard InChI is InChI=1S/C28H28Cl2FN5O2/c1-16-15-17(7-10-20(16)31)27-26(34-22-5-4-6-23(38-3)36(22)27)28(37)35(14-13-32-2)21-11-12-33-25-18(21)8-9-19(29)24(25)30/h4-10,15,21,32-33H,11-14H2,1-3H3. The van der Waals surface area contributed by atoms with E-state index < -0.39 is 0 Å². The van der Waals surface area contributed by atoms with E-state index in [1.807, 2.05) is 30.1 Å². The van der Waals surface area contributed by atoms with Crippen LogP contribution in [0.25, 0.3) is 16.9 Å². The van der Waals surface area contributed by atoms with Crippen molar-refractivity contribution in [2.24, 2.45) is 0 Å². The summed E-state index contributed by atoms with van der Waals surface area (Å²) in [4.78, 5) is 21.1. The quantitative estimate of drug-likeness (QED) is 0.293. The summed E-state index contributed by atoms with van der Waals surface area (Å²) in [6, 6.07) is 13.6. The molecule has 5 rings (SSSR count). The second-order valence-corrected chi connectivity index (χ2v) is 9.98. The number of carbonyl (C=O) groups excluding carboxylic acids is 1. The molecular formula is C28H28Cl2FN5O2. The molecule has 2 aromatic carbocycles. The van der Waals surface area contributed by atoms with Crippen LogP contribution in [0.2, 0.25) is 10.0 Å². The van der Waals surface area contributed by atoms with Crippen LogP contribution in [0, 0.1) is 12.7 Å². The maximum Gasteiger partial charge on any atom is 0.275 e. The lowest BCUT2D eigenvalue weighted by Gasteiger charge is -2.36. The van der Waals surface area contributed by atoms with E-state index in [0.717, 1.165) is 11.3 Å². The Morgan fingerprint density at radius 2 is 2.08 bits per heavy atom. The fourth-order valence-electron chi connectivity index (χ4n) is 5.03. The van der Waals surface area contributed by atoms with Gasteiger partial charge in [-0.15, -0.1) is 0 Å². The minimum absolute atomic E-state index is 0.244. The number of aromatic nitrogens is 2. The Morgan fingerprint density at radius 3 is 2.82 bits per heavy atom. The van der Waals surface area contributed by atoms with Crippen molar-refractivity contribution in [3.63, 3.8) is 0 Å². The van der Waals surface area contributed by atoms with Crippen molar-refractivity contribution in [1.29, 1.82) is 0 Å². The van der Waals surface area contributed by atoms with E-state index in [1.54, 1.807) is 42.7 Å². The molecule has 4 aromatic rings. The summed E-state index contributed by atoms with van der Waals surface area (Å²) in [6.45, 7) is 3.34. The summed E-state index contributed by atoms with van der Waals surface area (Å²) < 4.78 is 21.6. The molecule has 2 aromatic heterocycles. The Morgan fingerprint density at radius 1 is 1.26 bits per heavy atom. The second-order valence-electron chi connectivity index (χ2n) is 9.19. The number of benzene rings is 2. The third-order valence-corrected chi connectivity index (χ3v) is 7.70. The van der Waals surface area contributed by atoms with E-state index in [9.17, 15) is 9.18 Å². The summed E-state index contributed by atoms with van der Waals surface area (Å²) in [6.07, 6.45) is 0.683. The molecule has 1 atom stereocenters. The fourth-order valence-corrected chi connectivity index (χ4v) is 5.43. The molecule has 3 heterocycles. The van der Waals surface area contributed by atoms with E-state index in [2.05, 4.69) is 10.6 Å². The average molecular weight is 556 g/mol. The number of anilines is 1. The molecule has 38 heavy (non-hydrogen) atoms. The topological polar surface area (TPSA) is 70.9 Å². The summed E-state index contributed by atoms with van der Waals surface area (Å²) >= 11 is 12.8. The number of halogens is 3. The van der Waals surface area contributed by atoms with E-state index in [4.69, 9.17) is 32.9 Å². The van der Waals surface area contributed by atoms with Gasteiger partial charge in [0.05, 0.1) is 34.6 Å². The van der Waals surface area contributed by atoms with Crippen molar-refractivity contribution < 1.29 is 13.9 Å². The van der Waals surface area contributed by atoms with Gasteiger partial charge in [0.15, 0.2) is 11.6 Å². The molecule has 7 nitrogen and oxygen atoms in total. The van der Waals surface area contributed by atoms with Crippen LogP contribution >= 0.6 is 23.2 Å². The van der Waals surface area contributed by atoms with Crippen LogP contribution in [0.3, 0.4) is 0 Å². The van der Waals surface area contributed by atoms with Crippen molar-refractivity contribution in [3.8, 4) is 17.1 Å². The van der Waals surface area contributed by atoms with Crippen molar-refractivity contribution in [1.82, 2.24) is 19.6 Å². The molecule has 0 saturated heterocycles. The third kappa shape index (κ3) is 4.57. The predicted octanol–water partition coefficient (Wildman–Crippen LogP) is 5.98. The summed E-state index contributed by atoms with van der Waals surface area (Å²) in [7, 11) is 3.41. The number of fused-ring (bicyclic) bond motifs is 2. The molecule has 198 valence electrons. The number of pyridine rings is 1. The number of nitrogens with one attached hydrogen (secondary N) is 2. The third-order valence-electron chi connectivity index (χ3n) is 6.90. The van der Waals surface area contributed by atoms with Crippen molar-refractivity contribution in [2.45, 2.75) is 19.4 Å². The van der Waals surface area contributed by atoms with Gasteiger partial charge in [-0.1, -0.05) is 35.3 Å². The van der Waals surface area contributed by atoms with Crippen LogP contribution in [0.5, 0.6) is 5.88 Å². The zero-order valence-electron chi connectivity index (χ0n) is 21.3. The van der Waals surface area contributed by atoms with E-state index in [1.165, 1.54) is 6.07 Å². The molecule has 0 saturated carbocycles. The van der Waals surface area contributed by atoms with Crippen LogP contribution in [0.15, 0.2) is 48.5 Å². The largest absolute Gasteiger partial charge is 0.482 e. The number of hydrogen-bond acceptors (Lipinski definition) is 5. The minimum atomic E-state index is -0.320. The highest BCUT2D eigenvalue weighted by Crippen LogP contribution is 2.42. The summed E-state index contributed by atoms with van der Waals surface area (Å²) in [5.41, 5.74) is 4.13. The lowest BCUT2D eigenvalue weighted by molar-refractivity contribution is 0.0665. The Kier molecular flexibility index (Phi) is 7.47. The van der Waals surface area contributed by atoms with Crippen LogP contribution < -0.4 is 15.4 Å². The maximum atomic E-state index is 14.5. The molecule has 0 fully saturated rings. The first kappa shape index (κ1) is 26.3. The van der Waals surface area contributed by atoms with Crippen LogP contribution in [0.4, 0.5) is 10.1 Å². The number of hydrogen-bond donors (Lipinski definition) is 2. The lowest BCUT2D eigenvalue weighted by Crippen LogP contribution is -2.41. The molecular weight excluding hydrogens is 528 g/mol. The molecule has 1 unspecified atom stereocenters. The highest BCUT2D eigenvalue weighted by molar-refractivity contribution is 6.43. The number of likely N-dealkylation sites (N-methyl/N-ethyl adjacent to an activating group) is 1. The van der Waals surface area contributed by atoms with Gasteiger partial charge in [0.2, 0.25) is 0 Å². The Labute approximate surface area is 230 Å². The number of ether oxygens (including phenoxy) is 1. The number of amides is 1. The van der Waals surface area contributed by atoms with Gasteiger partial charge in [-0.05, 0) is 67.9 Å². The van der Waals surface area contributed by atoms with Crippen LogP contribution in [-0.2, 0) is 0 Å². The summed E-state index contributed by atoms with van der Waals surface area (Å²) in [5.74, 6) is -0.0479. The summed E-state index contributed by atoms with van der Waals surface area (Å²) in [5, 5.41) is 7.38. The average Bonchev–Trinajstić information content (AvgIpc) is 3.32. The number of nitrogens with zero attached hydrogens (tertiary/aromatic N) is 3. The van der Waals surface area contributed by atoms with Crippen LogP contribution in [0.1, 0.15) is 34.1 Å². The van der Waals surface area contributed by atoms with Crippen molar-refractivity contribution in [2.75, 3.05) is 39.1 Å². The molecule has 0 spiro atoms. The number of rotatable bonds is 7. The molecule has 0 bridgehead atoms. The Bertz CT molecular complexity index is 1520. The lowest BCUT2D eigenvalue weighted by atomic mass is 9.95. The predicted molar refractivity (Wildman–Crippen MR) is 149 cm³/mol. The SMILES string of the molecule is CNCCN(C(=O)c1nc2cccc(OC)n2c1-c1ccc(F)c(C)c1)C1CCNc2c1ccc(Cl)c2Cl. The van der Waals surface area contributed by atoms with Gasteiger partial charge in [-0.2, -0.15) is 0 Å². The molecule has 10 heteroatoms. The normalized spacial score (nSPS) is 14.7. The van der Waals surface area contributed by atoms with E-state index in [-0.39, 0.29) is 23.5 Å². The molecule has 1 aliphatic rings. The highest BCUT2D eigenvalue weighted by atomic mass is 35.5. The molecule has 0 aliphatic carbocycles. The van der Waals surface area contributed by atoms with Gasteiger partial charge >= 0.3 is 0 Å². The number of methoxy groups -OCH3 is 1. The fraction of sp³-hybridized carbons (Fsp3) is 0.286. The molecule has 1 aliphatic heterocycles. The van der Waals surface area contributed by atoms with Crippen LogP contribution in [-0.4, -0.2) is 54.0 Å². The first-order valence-corrected chi connectivity index (χ1v) is 13.1. The van der Waals surface area contributed by atoms with Gasteiger partial charge in [0, 0.05) is 25.2 Å². The Balaban J connectivity index is 1.70. The number of imidazole rings is 1. The van der Waals surface area contributed by atoms with Gasteiger partial charge in [-0.25, -0.2) is 9.37 Å². The van der Waals surface area contributed by atoms with E-state index in [0.29, 0.717) is 64.4 Å². The first-order valence-electron chi connectivity index (χ1n) is 12.3.